The van der Waals surface area contributed by atoms with Crippen LogP contribution in [0.15, 0.2) is 6.33 Å². The molecule has 1 amide bonds. The van der Waals surface area contributed by atoms with Crippen molar-refractivity contribution < 1.29 is 9.53 Å². The molecule has 0 saturated carbocycles. The molecule has 1 N–H and O–H groups in total. The first-order valence-corrected chi connectivity index (χ1v) is 6.15. The molecule has 1 fully saturated rings. The topological polar surface area (TPSA) is 67.4 Å². The molecule has 1 aromatic rings. The lowest BCUT2D eigenvalue weighted by molar-refractivity contribution is -0.123. The monoisotopic (exact) mass is 270 g/mol. The third-order valence-corrected chi connectivity index (χ3v) is 3.20. The fraction of sp³-hybridized carbons (Fsp3) is 0.545. The normalized spacial score (nSPS) is 19.6. The number of hydrogen-bond acceptors (Lipinski definition) is 5. The second-order valence-corrected chi connectivity index (χ2v) is 4.29. The molecule has 1 aliphatic rings. The van der Waals surface area contributed by atoms with E-state index >= 15 is 0 Å². The van der Waals surface area contributed by atoms with Crippen LogP contribution in [0.25, 0.3) is 0 Å². The van der Waals surface area contributed by atoms with Gasteiger partial charge in [0.15, 0.2) is 16.7 Å². The van der Waals surface area contributed by atoms with Crippen LogP contribution < -0.4 is 15.0 Å². The number of ether oxygens (including phenoxy) is 1. The molecule has 98 valence electrons. The molecule has 0 radical (unpaired) electrons. The van der Waals surface area contributed by atoms with Crippen LogP contribution in [0.5, 0.6) is 5.75 Å². The minimum atomic E-state index is -0.251. The van der Waals surface area contributed by atoms with Crippen molar-refractivity contribution in [2.45, 2.75) is 19.4 Å². The van der Waals surface area contributed by atoms with Gasteiger partial charge in [0.25, 0.3) is 0 Å². The first-order valence-electron chi connectivity index (χ1n) is 5.77. The maximum absolute atomic E-state index is 11.8. The Morgan fingerprint density at radius 3 is 3.06 bits per heavy atom. The van der Waals surface area contributed by atoms with Gasteiger partial charge >= 0.3 is 0 Å². The third kappa shape index (κ3) is 2.20. The Bertz CT molecular complexity index is 455. The fourth-order valence-electron chi connectivity index (χ4n) is 2.10. The van der Waals surface area contributed by atoms with Crippen molar-refractivity contribution >= 4 is 23.3 Å². The number of carbonyl (C=O) groups excluding carboxylic acids is 1. The molecule has 0 aromatic carbocycles. The Kier molecular flexibility index (Phi) is 3.86. The second-order valence-electron chi connectivity index (χ2n) is 3.93. The molecule has 1 aliphatic heterocycles. The van der Waals surface area contributed by atoms with Gasteiger partial charge in [-0.05, 0) is 6.42 Å². The number of aromatic nitrogens is 2. The molecule has 0 spiro atoms. The lowest BCUT2D eigenvalue weighted by atomic mass is 10.1. The highest BCUT2D eigenvalue weighted by Gasteiger charge is 2.31. The second kappa shape index (κ2) is 5.39. The summed E-state index contributed by atoms with van der Waals surface area (Å²) in [6, 6.07) is -0.251. The Labute approximate surface area is 110 Å². The first-order chi connectivity index (χ1) is 8.69. The van der Waals surface area contributed by atoms with Gasteiger partial charge in [-0.3, -0.25) is 4.79 Å². The molecule has 2 rings (SSSR count). The number of piperazine rings is 1. The summed E-state index contributed by atoms with van der Waals surface area (Å²) in [6.45, 7) is 3.21. The number of amides is 1. The summed E-state index contributed by atoms with van der Waals surface area (Å²) in [5.74, 6) is 0.979. The largest absolute Gasteiger partial charge is 0.490 e. The first kappa shape index (κ1) is 12.9. The van der Waals surface area contributed by atoms with Gasteiger partial charge in [0, 0.05) is 13.1 Å². The van der Waals surface area contributed by atoms with Crippen LogP contribution in [-0.4, -0.2) is 42.1 Å². The Balaban J connectivity index is 2.40. The highest BCUT2D eigenvalue weighted by Crippen LogP contribution is 2.33. The van der Waals surface area contributed by atoms with E-state index in [1.165, 1.54) is 13.4 Å². The number of rotatable bonds is 3. The van der Waals surface area contributed by atoms with Crippen molar-refractivity contribution in [2.24, 2.45) is 0 Å². The quantitative estimate of drug-likeness (QED) is 0.825. The zero-order valence-corrected chi connectivity index (χ0v) is 11.1. The van der Waals surface area contributed by atoms with Crippen LogP contribution in [0.1, 0.15) is 13.3 Å². The van der Waals surface area contributed by atoms with Crippen molar-refractivity contribution in [1.29, 1.82) is 0 Å². The average Bonchev–Trinajstić information content (AvgIpc) is 2.38. The lowest BCUT2D eigenvalue weighted by Crippen LogP contribution is -2.55. The minimum Gasteiger partial charge on any atom is -0.490 e. The van der Waals surface area contributed by atoms with Gasteiger partial charge in [-0.25, -0.2) is 9.97 Å². The summed E-state index contributed by atoms with van der Waals surface area (Å²) in [5.41, 5.74) is 0. The van der Waals surface area contributed by atoms with E-state index in [9.17, 15) is 4.79 Å². The molecule has 1 atom stereocenters. The molecule has 0 bridgehead atoms. The van der Waals surface area contributed by atoms with E-state index in [1.54, 1.807) is 0 Å². The molecule has 1 unspecified atom stereocenters. The van der Waals surface area contributed by atoms with Gasteiger partial charge in [0.2, 0.25) is 5.91 Å². The molecule has 18 heavy (non-hydrogen) atoms. The van der Waals surface area contributed by atoms with E-state index < -0.39 is 0 Å². The molecule has 1 aromatic heterocycles. The molecule has 1 saturated heterocycles. The van der Waals surface area contributed by atoms with E-state index in [0.717, 1.165) is 0 Å². The smallest absolute Gasteiger partial charge is 0.242 e. The molecular weight excluding hydrogens is 256 g/mol. The molecular formula is C11H15ClN4O2. The number of nitrogens with zero attached hydrogens (tertiary/aromatic N) is 3. The van der Waals surface area contributed by atoms with Crippen LogP contribution in [0.2, 0.25) is 5.15 Å². The van der Waals surface area contributed by atoms with Gasteiger partial charge in [0.1, 0.15) is 12.4 Å². The van der Waals surface area contributed by atoms with Gasteiger partial charge < -0.3 is 15.0 Å². The van der Waals surface area contributed by atoms with Crippen molar-refractivity contribution in [3.05, 3.63) is 11.5 Å². The summed E-state index contributed by atoms with van der Waals surface area (Å²) in [7, 11) is 1.51. The average molecular weight is 271 g/mol. The van der Waals surface area contributed by atoms with E-state index in [4.69, 9.17) is 16.3 Å². The highest BCUT2D eigenvalue weighted by atomic mass is 35.5. The SMILES string of the molecule is CCC1C(=O)NCCN1c1ncnc(Cl)c1OC. The van der Waals surface area contributed by atoms with E-state index in [1.807, 2.05) is 11.8 Å². The van der Waals surface area contributed by atoms with Crippen LogP contribution in [-0.2, 0) is 4.79 Å². The van der Waals surface area contributed by atoms with E-state index in [-0.39, 0.29) is 17.1 Å². The minimum absolute atomic E-state index is 0.000498. The zero-order valence-electron chi connectivity index (χ0n) is 10.3. The fourth-order valence-corrected chi connectivity index (χ4v) is 2.30. The molecule has 7 heteroatoms. The summed E-state index contributed by atoms with van der Waals surface area (Å²) in [5, 5.41) is 3.09. The zero-order chi connectivity index (χ0) is 13.1. The van der Waals surface area contributed by atoms with Gasteiger partial charge in [0.05, 0.1) is 7.11 Å². The van der Waals surface area contributed by atoms with Gasteiger partial charge in [-0.2, -0.15) is 0 Å². The van der Waals surface area contributed by atoms with E-state index in [0.29, 0.717) is 31.1 Å². The van der Waals surface area contributed by atoms with E-state index in [2.05, 4.69) is 15.3 Å². The Morgan fingerprint density at radius 2 is 2.39 bits per heavy atom. The number of halogens is 1. The summed E-state index contributed by atoms with van der Waals surface area (Å²) >= 11 is 5.97. The van der Waals surface area contributed by atoms with Crippen molar-refractivity contribution in [1.82, 2.24) is 15.3 Å². The number of nitrogens with one attached hydrogen (secondary N) is 1. The number of carbonyl (C=O) groups is 1. The number of hydrogen-bond donors (Lipinski definition) is 1. The molecule has 0 aliphatic carbocycles. The maximum Gasteiger partial charge on any atom is 0.242 e. The van der Waals surface area contributed by atoms with Crippen LogP contribution in [0.4, 0.5) is 5.82 Å². The van der Waals surface area contributed by atoms with Crippen LogP contribution in [0, 0.1) is 0 Å². The van der Waals surface area contributed by atoms with Crippen LogP contribution in [0.3, 0.4) is 0 Å². The van der Waals surface area contributed by atoms with Crippen molar-refractivity contribution in [2.75, 3.05) is 25.1 Å². The summed E-state index contributed by atoms with van der Waals surface area (Å²) in [4.78, 5) is 21.8. The lowest BCUT2D eigenvalue weighted by Gasteiger charge is -2.35. The molecule has 2 heterocycles. The van der Waals surface area contributed by atoms with Crippen LogP contribution >= 0.6 is 11.6 Å². The number of methoxy groups -OCH3 is 1. The Hall–Kier alpha value is -1.56. The number of anilines is 1. The maximum atomic E-state index is 11.8. The van der Waals surface area contributed by atoms with Crippen molar-refractivity contribution in [3.63, 3.8) is 0 Å². The summed E-state index contributed by atoms with van der Waals surface area (Å²) < 4.78 is 5.23. The standard InChI is InChI=1S/C11H15ClN4O2/c1-3-7-11(17)13-4-5-16(7)10-8(18-2)9(12)14-6-15-10/h6-7H,3-5H2,1-2H3,(H,13,17). The van der Waals surface area contributed by atoms with Crippen molar-refractivity contribution in [3.8, 4) is 5.75 Å². The Morgan fingerprint density at radius 1 is 1.61 bits per heavy atom. The molecule has 6 nitrogen and oxygen atoms in total. The highest BCUT2D eigenvalue weighted by molar-refractivity contribution is 6.31. The predicted octanol–water partition coefficient (Wildman–Crippen LogP) is 0.853. The van der Waals surface area contributed by atoms with Gasteiger partial charge in [-0.1, -0.05) is 18.5 Å². The predicted molar refractivity (Wildman–Crippen MR) is 68.0 cm³/mol. The summed E-state index contributed by atoms with van der Waals surface area (Å²) in [6.07, 6.45) is 2.07. The van der Waals surface area contributed by atoms with Gasteiger partial charge in [-0.15, -0.1) is 0 Å². The third-order valence-electron chi connectivity index (χ3n) is 2.94.